The number of hydrogen-bond acceptors (Lipinski definition) is 4. The van der Waals surface area contributed by atoms with Gasteiger partial charge in [0, 0.05) is 11.4 Å². The number of rotatable bonds is 6. The minimum atomic E-state index is -0.118. The van der Waals surface area contributed by atoms with Gasteiger partial charge in [0.25, 0.3) is 0 Å². The Morgan fingerprint density at radius 2 is 1.86 bits per heavy atom. The van der Waals surface area contributed by atoms with Crippen molar-refractivity contribution in [2.24, 2.45) is 0 Å². The van der Waals surface area contributed by atoms with E-state index in [1.54, 1.807) is 0 Å². The van der Waals surface area contributed by atoms with Gasteiger partial charge in [-0.1, -0.05) is 24.1 Å². The van der Waals surface area contributed by atoms with Gasteiger partial charge in [0.2, 0.25) is 0 Å². The molecule has 1 aliphatic heterocycles. The predicted molar refractivity (Wildman–Crippen MR) is 90.4 cm³/mol. The number of benzene rings is 1. The Morgan fingerprint density at radius 1 is 1.19 bits per heavy atom. The molecule has 21 heavy (non-hydrogen) atoms. The highest BCUT2D eigenvalue weighted by atomic mass is 35.5. The molecule has 118 valence electrons. The summed E-state index contributed by atoms with van der Waals surface area (Å²) in [6, 6.07) is 8.20. The van der Waals surface area contributed by atoms with E-state index in [1.165, 1.54) is 36.6 Å². The smallest absolute Gasteiger partial charge is 0.316 e. The summed E-state index contributed by atoms with van der Waals surface area (Å²) in [6.07, 6.45) is 3.89. The van der Waals surface area contributed by atoms with Crippen molar-refractivity contribution in [1.29, 1.82) is 0 Å². The highest BCUT2D eigenvalue weighted by Crippen LogP contribution is 2.18. The van der Waals surface area contributed by atoms with E-state index in [0.29, 0.717) is 12.4 Å². The van der Waals surface area contributed by atoms with Crippen molar-refractivity contribution in [3.05, 3.63) is 29.8 Å². The van der Waals surface area contributed by atoms with Crippen molar-refractivity contribution >= 4 is 30.1 Å². The van der Waals surface area contributed by atoms with Gasteiger partial charge in [-0.2, -0.15) is 0 Å². The number of aryl methyl sites for hydroxylation is 1. The lowest BCUT2D eigenvalue weighted by molar-refractivity contribution is -0.140. The molecule has 0 N–H and O–H groups in total. The van der Waals surface area contributed by atoms with Gasteiger partial charge in [-0.15, -0.1) is 24.2 Å². The molecule has 1 fully saturated rings. The van der Waals surface area contributed by atoms with Crippen LogP contribution in [-0.2, 0) is 9.53 Å². The number of halogens is 1. The summed E-state index contributed by atoms with van der Waals surface area (Å²) in [5.41, 5.74) is 1.23. The molecule has 1 saturated heterocycles. The Labute approximate surface area is 137 Å². The van der Waals surface area contributed by atoms with Gasteiger partial charge in [0.1, 0.15) is 6.61 Å². The molecule has 0 amide bonds. The molecule has 1 aliphatic rings. The van der Waals surface area contributed by atoms with Crippen molar-refractivity contribution in [2.75, 3.05) is 32.0 Å². The average molecular weight is 330 g/mol. The molecular weight excluding hydrogens is 306 g/mol. The van der Waals surface area contributed by atoms with E-state index in [0.717, 1.165) is 24.5 Å². The van der Waals surface area contributed by atoms with Crippen LogP contribution < -0.4 is 0 Å². The first kappa shape index (κ1) is 18.3. The fourth-order valence-corrected chi connectivity index (χ4v) is 2.99. The predicted octanol–water partition coefficient (Wildman–Crippen LogP) is 3.54. The molecule has 0 bridgehead atoms. The average Bonchev–Trinajstić information content (AvgIpc) is 2.48. The molecule has 1 aromatic carbocycles. The zero-order valence-electron chi connectivity index (χ0n) is 12.5. The maximum Gasteiger partial charge on any atom is 0.316 e. The normalized spacial score (nSPS) is 15.3. The molecule has 0 atom stereocenters. The van der Waals surface area contributed by atoms with E-state index in [1.807, 2.05) is 12.1 Å². The van der Waals surface area contributed by atoms with Crippen LogP contribution in [0.15, 0.2) is 29.2 Å². The molecular formula is C16H24ClNO2S. The van der Waals surface area contributed by atoms with Crippen LogP contribution >= 0.6 is 24.2 Å². The van der Waals surface area contributed by atoms with Crippen LogP contribution in [0.4, 0.5) is 0 Å². The van der Waals surface area contributed by atoms with Crippen LogP contribution in [0.5, 0.6) is 0 Å². The summed E-state index contributed by atoms with van der Waals surface area (Å²) in [7, 11) is 0. The van der Waals surface area contributed by atoms with Crippen molar-refractivity contribution in [3.63, 3.8) is 0 Å². The van der Waals surface area contributed by atoms with Gasteiger partial charge >= 0.3 is 5.97 Å². The van der Waals surface area contributed by atoms with Gasteiger partial charge in [-0.25, -0.2) is 0 Å². The fraction of sp³-hybridized carbons (Fsp3) is 0.562. The number of piperidine rings is 1. The molecule has 1 aromatic rings. The molecule has 0 spiro atoms. The Balaban J connectivity index is 0.00000220. The minimum absolute atomic E-state index is 0. The van der Waals surface area contributed by atoms with Crippen molar-refractivity contribution in [2.45, 2.75) is 31.1 Å². The number of ether oxygens (including phenoxy) is 1. The van der Waals surface area contributed by atoms with Gasteiger partial charge in [0.05, 0.1) is 5.75 Å². The number of hydrogen-bond donors (Lipinski definition) is 0. The Morgan fingerprint density at radius 3 is 2.52 bits per heavy atom. The molecule has 2 rings (SSSR count). The Bertz CT molecular complexity index is 419. The zero-order chi connectivity index (χ0) is 14.2. The van der Waals surface area contributed by atoms with E-state index in [2.05, 4.69) is 24.0 Å². The molecule has 0 aromatic heterocycles. The second-order valence-electron chi connectivity index (χ2n) is 5.22. The number of esters is 1. The Hall–Kier alpha value is -0.710. The third-order valence-corrected chi connectivity index (χ3v) is 4.48. The third kappa shape index (κ3) is 7.21. The third-order valence-electron chi connectivity index (χ3n) is 3.50. The molecule has 1 heterocycles. The quantitative estimate of drug-likeness (QED) is 0.590. The summed E-state index contributed by atoms with van der Waals surface area (Å²) < 4.78 is 5.29. The summed E-state index contributed by atoms with van der Waals surface area (Å²) in [5.74, 6) is 0.274. The molecule has 0 radical (unpaired) electrons. The highest BCUT2D eigenvalue weighted by molar-refractivity contribution is 8.00. The maximum absolute atomic E-state index is 11.7. The lowest BCUT2D eigenvalue weighted by Crippen LogP contribution is -2.33. The summed E-state index contributed by atoms with van der Waals surface area (Å²) in [6.45, 7) is 5.75. The summed E-state index contributed by atoms with van der Waals surface area (Å²) in [4.78, 5) is 15.2. The topological polar surface area (TPSA) is 29.5 Å². The van der Waals surface area contributed by atoms with Crippen LogP contribution in [0.25, 0.3) is 0 Å². The molecule has 0 aliphatic carbocycles. The van der Waals surface area contributed by atoms with Crippen LogP contribution in [-0.4, -0.2) is 42.9 Å². The van der Waals surface area contributed by atoms with Gasteiger partial charge in [-0.3, -0.25) is 9.69 Å². The molecule has 5 heteroatoms. The first-order chi connectivity index (χ1) is 9.74. The first-order valence-corrected chi connectivity index (χ1v) is 8.30. The lowest BCUT2D eigenvalue weighted by Gasteiger charge is -2.25. The second kappa shape index (κ2) is 10.1. The van der Waals surface area contributed by atoms with E-state index in [9.17, 15) is 4.79 Å². The van der Waals surface area contributed by atoms with Gasteiger partial charge < -0.3 is 4.74 Å². The number of carbonyl (C=O) groups excluding carboxylic acids is 1. The van der Waals surface area contributed by atoms with Crippen LogP contribution in [0.2, 0.25) is 0 Å². The first-order valence-electron chi connectivity index (χ1n) is 7.31. The standard InChI is InChI=1S/C16H23NO2S.ClH/c1-14-5-7-15(8-6-14)20-13-16(18)19-12-11-17-9-3-2-4-10-17;/h5-8H,2-4,9-13H2,1H3;1H. The zero-order valence-corrected chi connectivity index (χ0v) is 14.2. The van der Waals surface area contributed by atoms with Crippen LogP contribution in [0.3, 0.4) is 0 Å². The fourth-order valence-electron chi connectivity index (χ4n) is 2.29. The molecule has 0 unspecified atom stereocenters. The monoisotopic (exact) mass is 329 g/mol. The Kier molecular flexibility index (Phi) is 8.81. The maximum atomic E-state index is 11.7. The number of nitrogens with zero attached hydrogens (tertiary/aromatic N) is 1. The minimum Gasteiger partial charge on any atom is -0.464 e. The van der Waals surface area contributed by atoms with Crippen molar-refractivity contribution in [3.8, 4) is 0 Å². The van der Waals surface area contributed by atoms with Crippen molar-refractivity contribution < 1.29 is 9.53 Å². The van der Waals surface area contributed by atoms with Gasteiger partial charge in [0.15, 0.2) is 0 Å². The molecule has 3 nitrogen and oxygen atoms in total. The lowest BCUT2D eigenvalue weighted by atomic mass is 10.1. The molecule has 0 saturated carbocycles. The largest absolute Gasteiger partial charge is 0.464 e. The van der Waals surface area contributed by atoms with E-state index in [4.69, 9.17) is 4.74 Å². The number of thioether (sulfide) groups is 1. The van der Waals surface area contributed by atoms with E-state index >= 15 is 0 Å². The van der Waals surface area contributed by atoms with E-state index < -0.39 is 0 Å². The summed E-state index contributed by atoms with van der Waals surface area (Å²) >= 11 is 1.54. The number of carbonyl (C=O) groups is 1. The van der Waals surface area contributed by atoms with Crippen LogP contribution in [0.1, 0.15) is 24.8 Å². The summed E-state index contributed by atoms with van der Waals surface area (Å²) in [5, 5.41) is 0. The van der Waals surface area contributed by atoms with Crippen molar-refractivity contribution in [1.82, 2.24) is 4.90 Å². The second-order valence-corrected chi connectivity index (χ2v) is 6.27. The van der Waals surface area contributed by atoms with Crippen LogP contribution in [0, 0.1) is 6.92 Å². The van der Waals surface area contributed by atoms with Gasteiger partial charge in [-0.05, 0) is 45.0 Å². The highest BCUT2D eigenvalue weighted by Gasteiger charge is 2.10. The number of likely N-dealkylation sites (tertiary alicyclic amines) is 1. The van der Waals surface area contributed by atoms with E-state index in [-0.39, 0.29) is 18.4 Å². The SMILES string of the molecule is Cc1ccc(SCC(=O)OCCN2CCCCC2)cc1.Cl.